The van der Waals surface area contributed by atoms with E-state index in [1.54, 1.807) is 6.92 Å². The standard InChI is InChI=1S/C10H16N2O4S3/c1-3-12-8-4-6(2)18(13,14)10-7(8)5-9(17-10)19(11,15)16/h5-6,8,12H,3-4H2,1-2H3,(H2,11,15,16)/t6-,8-/m0/s1/i4D2,8D. The molecule has 1 aromatic rings. The van der Waals surface area contributed by atoms with Crippen LogP contribution in [-0.4, -0.2) is 28.6 Å². The first-order chi connectivity index (χ1) is 9.80. The van der Waals surface area contributed by atoms with Crippen molar-refractivity contribution in [2.24, 2.45) is 5.14 Å². The van der Waals surface area contributed by atoms with Crippen LogP contribution in [0.3, 0.4) is 0 Å². The summed E-state index contributed by atoms with van der Waals surface area (Å²) in [4.78, 5) is 0. The van der Waals surface area contributed by atoms with Gasteiger partial charge in [0.1, 0.15) is 8.42 Å². The van der Waals surface area contributed by atoms with Crippen molar-refractivity contribution in [3.63, 3.8) is 0 Å². The molecule has 1 aromatic heterocycles. The number of hydrogen-bond acceptors (Lipinski definition) is 6. The maximum Gasteiger partial charge on any atom is 0.247 e. The highest BCUT2D eigenvalue weighted by Crippen LogP contribution is 2.42. The summed E-state index contributed by atoms with van der Waals surface area (Å²) in [5, 5.41) is 6.17. The molecule has 2 atom stereocenters. The van der Waals surface area contributed by atoms with E-state index in [-0.39, 0.29) is 16.3 Å². The normalized spacial score (nSPS) is 34.9. The van der Waals surface area contributed by atoms with Gasteiger partial charge >= 0.3 is 0 Å². The SMILES string of the molecule is [2H]C1([2H])[C@H](C)S(=O)(=O)c2sc(S(N)(=O)=O)cc2[C@@]1([2H])NCC. The van der Waals surface area contributed by atoms with E-state index < -0.39 is 41.7 Å². The molecule has 19 heavy (non-hydrogen) atoms. The molecule has 0 amide bonds. The Bertz CT molecular complexity index is 818. The highest BCUT2D eigenvalue weighted by Gasteiger charge is 2.39. The van der Waals surface area contributed by atoms with Crippen molar-refractivity contribution in [3.8, 4) is 0 Å². The zero-order chi connectivity index (χ0) is 17.1. The van der Waals surface area contributed by atoms with Crippen LogP contribution in [0.2, 0.25) is 0 Å². The summed E-state index contributed by atoms with van der Waals surface area (Å²) in [6, 6.07) is -1.10. The number of nitrogens with two attached hydrogens (primary N) is 1. The molecule has 1 aliphatic heterocycles. The number of sulfonamides is 1. The predicted octanol–water partition coefficient (Wildman–Crippen LogP) is 0.612. The van der Waals surface area contributed by atoms with E-state index in [9.17, 15) is 16.8 Å². The fourth-order valence-electron chi connectivity index (χ4n) is 1.72. The van der Waals surface area contributed by atoms with E-state index in [0.29, 0.717) is 11.3 Å². The lowest BCUT2D eigenvalue weighted by Gasteiger charge is -2.27. The molecule has 0 aromatic carbocycles. The van der Waals surface area contributed by atoms with Crippen molar-refractivity contribution in [1.29, 1.82) is 0 Å². The summed E-state index contributed by atoms with van der Waals surface area (Å²) >= 11 is 0.454. The van der Waals surface area contributed by atoms with Gasteiger partial charge in [0.05, 0.1) is 6.62 Å². The summed E-state index contributed by atoms with van der Waals surface area (Å²) in [6.07, 6.45) is -2.45. The molecule has 0 fully saturated rings. The van der Waals surface area contributed by atoms with Gasteiger partial charge in [0.15, 0.2) is 9.84 Å². The van der Waals surface area contributed by atoms with Crippen molar-refractivity contribution < 1.29 is 20.9 Å². The molecule has 0 spiro atoms. The number of rotatable bonds is 3. The molecule has 0 unspecified atom stereocenters. The Morgan fingerprint density at radius 3 is 2.84 bits per heavy atom. The van der Waals surface area contributed by atoms with Crippen molar-refractivity contribution in [2.45, 2.75) is 39.9 Å². The van der Waals surface area contributed by atoms with E-state index in [2.05, 4.69) is 5.32 Å². The van der Waals surface area contributed by atoms with Crippen LogP contribution in [0.1, 0.15) is 35.9 Å². The van der Waals surface area contributed by atoms with Crippen molar-refractivity contribution >= 4 is 31.2 Å². The smallest absolute Gasteiger partial charge is 0.247 e. The lowest BCUT2D eigenvalue weighted by molar-refractivity contribution is 0.477. The zero-order valence-corrected chi connectivity index (χ0v) is 12.7. The van der Waals surface area contributed by atoms with E-state index in [0.717, 1.165) is 6.07 Å². The second-order valence-corrected chi connectivity index (χ2v) is 9.35. The maximum atomic E-state index is 12.5. The molecule has 0 bridgehead atoms. The predicted molar refractivity (Wildman–Crippen MR) is 73.4 cm³/mol. The first-order valence-corrected chi connectivity index (χ1v) is 9.37. The van der Waals surface area contributed by atoms with Crippen LogP contribution >= 0.6 is 11.3 Å². The number of fused-ring (bicyclic) bond motifs is 1. The Morgan fingerprint density at radius 1 is 1.68 bits per heavy atom. The quantitative estimate of drug-likeness (QED) is 0.846. The largest absolute Gasteiger partial charge is 0.310 e. The lowest BCUT2D eigenvalue weighted by Crippen LogP contribution is -2.33. The third-order valence-electron chi connectivity index (χ3n) is 2.65. The molecule has 2 heterocycles. The van der Waals surface area contributed by atoms with Gasteiger partial charge < -0.3 is 5.32 Å². The third-order valence-corrected chi connectivity index (χ3v) is 7.73. The first-order valence-electron chi connectivity index (χ1n) is 6.96. The van der Waals surface area contributed by atoms with Gasteiger partial charge in [0, 0.05) is 14.3 Å². The van der Waals surface area contributed by atoms with Gasteiger partial charge in [-0.1, -0.05) is 6.92 Å². The Balaban J connectivity index is 2.89. The van der Waals surface area contributed by atoms with Gasteiger partial charge in [-0.3, -0.25) is 0 Å². The Hall–Kier alpha value is -0.480. The highest BCUT2D eigenvalue weighted by atomic mass is 32.3. The molecular weight excluding hydrogens is 308 g/mol. The molecule has 0 saturated heterocycles. The minimum Gasteiger partial charge on any atom is -0.310 e. The Labute approximate surface area is 121 Å². The molecule has 1 aliphatic rings. The maximum absolute atomic E-state index is 12.5. The van der Waals surface area contributed by atoms with Crippen LogP contribution in [0.15, 0.2) is 14.5 Å². The number of nitrogens with one attached hydrogen (secondary N) is 1. The molecular formula is C10H16N2O4S3. The average Bonchev–Trinajstić information content (AvgIpc) is 2.82. The highest BCUT2D eigenvalue weighted by molar-refractivity contribution is 7.95. The monoisotopic (exact) mass is 327 g/mol. The second-order valence-electron chi connectivity index (χ2n) is 4.05. The van der Waals surface area contributed by atoms with E-state index in [4.69, 9.17) is 9.25 Å². The van der Waals surface area contributed by atoms with E-state index in [1.807, 2.05) is 0 Å². The fourth-order valence-corrected chi connectivity index (χ4v) is 5.73. The molecule has 0 saturated carbocycles. The van der Waals surface area contributed by atoms with Crippen molar-refractivity contribution in [2.75, 3.05) is 6.54 Å². The van der Waals surface area contributed by atoms with Gasteiger partial charge in [-0.15, -0.1) is 11.3 Å². The fraction of sp³-hybridized carbons (Fsp3) is 0.600. The summed E-state index contributed by atoms with van der Waals surface area (Å²) < 4.78 is 71.9. The molecule has 0 aliphatic carbocycles. The van der Waals surface area contributed by atoms with Gasteiger partial charge in [-0.05, 0) is 25.9 Å². The van der Waals surface area contributed by atoms with Crippen LogP contribution in [-0.2, 0) is 19.9 Å². The number of primary sulfonamides is 1. The number of hydrogen-bond donors (Lipinski definition) is 2. The molecule has 108 valence electrons. The molecule has 2 rings (SSSR count). The van der Waals surface area contributed by atoms with Gasteiger partial charge in [-0.25, -0.2) is 22.0 Å². The summed E-state index contributed by atoms with van der Waals surface area (Å²) in [5.74, 6) is 0. The Morgan fingerprint density at radius 2 is 2.32 bits per heavy atom. The summed E-state index contributed by atoms with van der Waals surface area (Å²) in [5.41, 5.74) is -0.216. The van der Waals surface area contributed by atoms with E-state index in [1.165, 1.54) is 6.92 Å². The van der Waals surface area contributed by atoms with Crippen LogP contribution in [0.5, 0.6) is 0 Å². The summed E-state index contributed by atoms with van der Waals surface area (Å²) in [7, 11) is -8.24. The van der Waals surface area contributed by atoms with Crippen LogP contribution in [0.4, 0.5) is 0 Å². The Kier molecular flexibility index (Phi) is 2.84. The van der Waals surface area contributed by atoms with Crippen molar-refractivity contribution in [3.05, 3.63) is 11.6 Å². The number of thiophene rings is 1. The minimum atomic E-state index is -4.15. The third kappa shape index (κ3) is 2.57. The first kappa shape index (κ1) is 11.2. The van der Waals surface area contributed by atoms with Crippen LogP contribution < -0.4 is 10.5 Å². The molecule has 9 heteroatoms. The lowest BCUT2D eigenvalue weighted by atomic mass is 10.1. The van der Waals surface area contributed by atoms with Crippen LogP contribution in [0.25, 0.3) is 0 Å². The van der Waals surface area contributed by atoms with Gasteiger partial charge in [-0.2, -0.15) is 0 Å². The van der Waals surface area contributed by atoms with E-state index >= 15 is 0 Å². The van der Waals surface area contributed by atoms with Gasteiger partial charge in [0.2, 0.25) is 10.0 Å². The van der Waals surface area contributed by atoms with Gasteiger partial charge in [0.25, 0.3) is 0 Å². The zero-order valence-electron chi connectivity index (χ0n) is 13.3. The van der Waals surface area contributed by atoms with Crippen molar-refractivity contribution in [1.82, 2.24) is 5.32 Å². The average molecular weight is 327 g/mol. The minimum absolute atomic E-state index is 0.204. The number of sulfone groups is 1. The molecule has 3 N–H and O–H groups in total. The molecule has 0 radical (unpaired) electrons. The second kappa shape index (κ2) is 4.81. The molecule has 6 nitrogen and oxygen atoms in total. The topological polar surface area (TPSA) is 106 Å². The summed E-state index contributed by atoms with van der Waals surface area (Å²) in [6.45, 7) is 3.03. The van der Waals surface area contributed by atoms with Crippen LogP contribution in [0, 0.1) is 0 Å².